The fourth-order valence-corrected chi connectivity index (χ4v) is 4.22. The van der Waals surface area contributed by atoms with E-state index >= 15 is 0 Å². The molecule has 5 nitrogen and oxygen atoms in total. The molecule has 0 radical (unpaired) electrons. The molecule has 0 atom stereocenters. The number of rotatable bonds is 11. The van der Waals surface area contributed by atoms with Crippen molar-refractivity contribution in [3.05, 3.63) is 48.0 Å². The van der Waals surface area contributed by atoms with E-state index < -0.39 is 22.6 Å². The first-order valence-electron chi connectivity index (χ1n) is 9.41. The smallest absolute Gasteiger partial charge is 0.389 e. The number of hydrogen-bond acceptors (Lipinski definition) is 5. The van der Waals surface area contributed by atoms with Gasteiger partial charge >= 0.3 is 6.18 Å². The first-order chi connectivity index (χ1) is 14.1. The minimum atomic E-state index is -4.22. The van der Waals surface area contributed by atoms with Crippen LogP contribution < -0.4 is 15.2 Å². The van der Waals surface area contributed by atoms with Crippen molar-refractivity contribution < 1.29 is 26.3 Å². The molecular weight excluding hydrogens is 437 g/mol. The van der Waals surface area contributed by atoms with Gasteiger partial charge in [-0.25, -0.2) is 13.6 Å². The lowest BCUT2D eigenvalue weighted by Gasteiger charge is -2.18. The van der Waals surface area contributed by atoms with Gasteiger partial charge in [-0.05, 0) is 36.2 Å². The molecule has 0 aromatic heterocycles. The summed E-state index contributed by atoms with van der Waals surface area (Å²) in [6, 6.07) is 11.7. The number of para-hydroxylation sites is 1. The van der Waals surface area contributed by atoms with Gasteiger partial charge in [0.05, 0.1) is 12.1 Å². The maximum atomic E-state index is 12.4. The number of halogens is 3. The minimum Gasteiger partial charge on any atom is -0.454 e. The molecule has 3 N–H and O–H groups in total. The van der Waals surface area contributed by atoms with E-state index in [0.29, 0.717) is 23.5 Å². The lowest BCUT2D eigenvalue weighted by molar-refractivity contribution is -0.129. The molecule has 0 saturated heterocycles. The Morgan fingerprint density at radius 3 is 2.47 bits per heavy atom. The Labute approximate surface area is 179 Å². The molecule has 0 unspecified atom stereocenters. The van der Waals surface area contributed by atoms with E-state index in [4.69, 9.17) is 9.88 Å². The van der Waals surface area contributed by atoms with Crippen LogP contribution in [0, 0.1) is 0 Å². The molecular formula is C20H25F3N2O3S2. The van der Waals surface area contributed by atoms with Gasteiger partial charge < -0.3 is 10.1 Å². The molecule has 10 heteroatoms. The quantitative estimate of drug-likeness (QED) is 0.430. The number of benzene rings is 2. The van der Waals surface area contributed by atoms with Gasteiger partial charge in [0, 0.05) is 18.1 Å². The second kappa shape index (κ2) is 10.9. The summed E-state index contributed by atoms with van der Waals surface area (Å²) in [7, 11) is -4.14. The number of nitrogens with one attached hydrogen (secondary N) is 1. The molecule has 0 heterocycles. The molecule has 2 aromatic carbocycles. The first kappa shape index (κ1) is 24.4. The zero-order chi connectivity index (χ0) is 22.2. The van der Waals surface area contributed by atoms with Gasteiger partial charge in [0.25, 0.3) is 0 Å². The molecule has 0 aliphatic heterocycles. The van der Waals surface area contributed by atoms with Crippen LogP contribution in [0.15, 0.2) is 47.4 Å². The van der Waals surface area contributed by atoms with Gasteiger partial charge in [-0.3, -0.25) is 0 Å². The lowest BCUT2D eigenvalue weighted by atomic mass is 10.2. The Kier molecular flexibility index (Phi) is 8.87. The molecule has 166 valence electrons. The molecule has 0 amide bonds. The van der Waals surface area contributed by atoms with E-state index in [2.05, 4.69) is 5.32 Å². The van der Waals surface area contributed by atoms with Crippen LogP contribution in [0.4, 0.5) is 18.9 Å². The van der Waals surface area contributed by atoms with Crippen molar-refractivity contribution in [2.24, 2.45) is 5.14 Å². The standard InChI is InChI=1S/C20H25F3N2O3S2/c1-2-3-10-25-17-12-15(14-29-11-9-20(21,22)23)13-18(30(24,26)27)19(17)28-16-7-5-4-6-8-16/h4-8,12-13,25H,2-3,9-11,14H2,1H3,(H2,24,26,27). The van der Waals surface area contributed by atoms with Gasteiger partial charge in [-0.15, -0.1) is 0 Å². The van der Waals surface area contributed by atoms with Crippen molar-refractivity contribution in [3.8, 4) is 11.5 Å². The number of hydrogen-bond donors (Lipinski definition) is 2. The fraction of sp³-hybridized carbons (Fsp3) is 0.400. The van der Waals surface area contributed by atoms with Gasteiger partial charge in [0.1, 0.15) is 10.6 Å². The predicted octanol–water partition coefficient (Wildman–Crippen LogP) is 5.52. The average molecular weight is 463 g/mol. The van der Waals surface area contributed by atoms with Crippen LogP contribution in [0.3, 0.4) is 0 Å². The number of nitrogens with two attached hydrogens (primary N) is 1. The van der Waals surface area contributed by atoms with Crippen LogP contribution in [0.1, 0.15) is 31.7 Å². The van der Waals surface area contributed by atoms with E-state index in [-0.39, 0.29) is 22.2 Å². The van der Waals surface area contributed by atoms with Crippen LogP contribution in [0.5, 0.6) is 11.5 Å². The van der Waals surface area contributed by atoms with Crippen LogP contribution >= 0.6 is 11.8 Å². The van der Waals surface area contributed by atoms with Crippen LogP contribution in [0.25, 0.3) is 0 Å². The molecule has 0 saturated carbocycles. The molecule has 0 aliphatic rings. The van der Waals surface area contributed by atoms with E-state index in [1.54, 1.807) is 36.4 Å². The normalized spacial score (nSPS) is 12.0. The number of ether oxygens (including phenoxy) is 1. The average Bonchev–Trinajstić information content (AvgIpc) is 2.66. The fourth-order valence-electron chi connectivity index (χ4n) is 2.57. The highest BCUT2D eigenvalue weighted by atomic mass is 32.2. The van der Waals surface area contributed by atoms with E-state index in [0.717, 1.165) is 24.6 Å². The molecule has 0 aliphatic carbocycles. The van der Waals surface area contributed by atoms with Gasteiger partial charge in [0.2, 0.25) is 10.0 Å². The Hall–Kier alpha value is -1.91. The number of unbranched alkanes of at least 4 members (excludes halogenated alkanes) is 1. The second-order valence-electron chi connectivity index (χ2n) is 6.63. The Morgan fingerprint density at radius 2 is 1.87 bits per heavy atom. The monoisotopic (exact) mass is 462 g/mol. The topological polar surface area (TPSA) is 81.4 Å². The molecule has 0 bridgehead atoms. The van der Waals surface area contributed by atoms with Crippen LogP contribution in [-0.2, 0) is 15.8 Å². The molecule has 0 spiro atoms. The SMILES string of the molecule is CCCCNc1cc(CSCCC(F)(F)F)cc(S(N)(=O)=O)c1Oc1ccccc1. The molecule has 2 aromatic rings. The highest BCUT2D eigenvalue weighted by Crippen LogP contribution is 2.38. The third kappa shape index (κ3) is 8.08. The molecule has 30 heavy (non-hydrogen) atoms. The maximum Gasteiger partial charge on any atom is 0.389 e. The van der Waals surface area contributed by atoms with E-state index in [1.807, 2.05) is 6.92 Å². The number of anilines is 1. The van der Waals surface area contributed by atoms with Gasteiger partial charge in [-0.1, -0.05) is 31.5 Å². The number of primary sulfonamides is 1. The third-order valence-corrected chi connectivity index (χ3v) is 5.98. The summed E-state index contributed by atoms with van der Waals surface area (Å²) in [6.07, 6.45) is -3.35. The minimum absolute atomic E-state index is 0.0730. The summed E-state index contributed by atoms with van der Waals surface area (Å²) in [5.74, 6) is 0.610. The lowest BCUT2D eigenvalue weighted by Crippen LogP contribution is -2.15. The summed E-state index contributed by atoms with van der Waals surface area (Å²) in [6.45, 7) is 2.60. The van der Waals surface area contributed by atoms with E-state index in [1.165, 1.54) is 6.07 Å². The molecule has 0 fully saturated rings. The summed E-state index contributed by atoms with van der Waals surface area (Å²) in [5, 5.41) is 8.59. The number of thioether (sulfide) groups is 1. The van der Waals surface area contributed by atoms with Crippen LogP contribution in [-0.4, -0.2) is 26.9 Å². The van der Waals surface area contributed by atoms with Crippen molar-refractivity contribution in [2.75, 3.05) is 17.6 Å². The summed E-state index contributed by atoms with van der Waals surface area (Å²) in [4.78, 5) is -0.209. The zero-order valence-electron chi connectivity index (χ0n) is 16.5. The summed E-state index contributed by atoms with van der Waals surface area (Å²) in [5.41, 5.74) is 0.982. The van der Waals surface area contributed by atoms with Gasteiger partial charge in [-0.2, -0.15) is 24.9 Å². The predicted molar refractivity (Wildman–Crippen MR) is 115 cm³/mol. The summed E-state index contributed by atoms with van der Waals surface area (Å²) >= 11 is 1.08. The number of sulfonamides is 1. The first-order valence-corrected chi connectivity index (χ1v) is 12.1. The van der Waals surface area contributed by atoms with Crippen molar-refractivity contribution in [2.45, 2.75) is 43.0 Å². The summed E-state index contributed by atoms with van der Waals surface area (Å²) < 4.78 is 67.4. The maximum absolute atomic E-state index is 12.4. The van der Waals surface area contributed by atoms with Crippen molar-refractivity contribution in [1.29, 1.82) is 0 Å². The van der Waals surface area contributed by atoms with Crippen molar-refractivity contribution in [3.63, 3.8) is 0 Å². The Bertz CT molecular complexity index is 921. The zero-order valence-corrected chi connectivity index (χ0v) is 18.2. The van der Waals surface area contributed by atoms with Gasteiger partial charge in [0.15, 0.2) is 5.75 Å². The Balaban J connectivity index is 2.36. The highest BCUT2D eigenvalue weighted by Gasteiger charge is 2.26. The Morgan fingerprint density at radius 1 is 1.17 bits per heavy atom. The highest BCUT2D eigenvalue weighted by molar-refractivity contribution is 7.98. The van der Waals surface area contributed by atoms with Crippen molar-refractivity contribution in [1.82, 2.24) is 0 Å². The largest absolute Gasteiger partial charge is 0.454 e. The molecule has 2 rings (SSSR count). The number of alkyl halides is 3. The van der Waals surface area contributed by atoms with Crippen molar-refractivity contribution >= 4 is 27.5 Å². The third-order valence-electron chi connectivity index (χ3n) is 4.03. The van der Waals surface area contributed by atoms with Crippen LogP contribution in [0.2, 0.25) is 0 Å². The van der Waals surface area contributed by atoms with E-state index in [9.17, 15) is 21.6 Å². The second-order valence-corrected chi connectivity index (χ2v) is 9.26.